The molecule has 3 rings (SSSR count). The Morgan fingerprint density at radius 3 is 2.29 bits per heavy atom. The average molecular weight is 606 g/mol. The highest BCUT2D eigenvalue weighted by atomic mass is 32.2. The number of rotatable bonds is 15. The minimum atomic E-state index is -4.52. The molecule has 4 N–H and O–H groups in total. The van der Waals surface area contributed by atoms with E-state index in [0.29, 0.717) is 24.5 Å². The summed E-state index contributed by atoms with van der Waals surface area (Å²) in [4.78, 5) is 24.9. The largest absolute Gasteiger partial charge is 0.416 e. The van der Waals surface area contributed by atoms with Crippen molar-refractivity contribution >= 4 is 21.7 Å². The first-order valence-corrected chi connectivity index (χ1v) is 14.7. The lowest BCUT2D eigenvalue weighted by atomic mass is 10.0. The number of aliphatic hydroxyl groups excluding tert-OH is 1. The molecule has 14 heteroatoms. The highest BCUT2D eigenvalue weighted by Gasteiger charge is 2.45. The van der Waals surface area contributed by atoms with Crippen LogP contribution in [-0.2, 0) is 37.7 Å². The van der Waals surface area contributed by atoms with Gasteiger partial charge >= 0.3 is 6.18 Å². The van der Waals surface area contributed by atoms with Crippen molar-refractivity contribution in [3.63, 3.8) is 0 Å². The Hall–Kier alpha value is -3.10. The number of carbonyl (C=O) groups is 2. The summed E-state index contributed by atoms with van der Waals surface area (Å²) in [6.45, 7) is -0.793. The molecule has 226 valence electrons. The van der Waals surface area contributed by atoms with Crippen LogP contribution in [-0.4, -0.2) is 60.9 Å². The van der Waals surface area contributed by atoms with E-state index in [4.69, 9.17) is 5.73 Å². The van der Waals surface area contributed by atoms with Gasteiger partial charge < -0.3 is 21.1 Å². The van der Waals surface area contributed by atoms with E-state index in [1.165, 1.54) is 6.07 Å². The van der Waals surface area contributed by atoms with Gasteiger partial charge in [-0.05, 0) is 54.7 Å². The standard InChI is InChI=1S/C27H32F5N3O5S/c28-21-11-18(12-22(29)14-21)16-35(25(38)6-10-41(39,40)9-2-5-24(33)37)17-23(36)15-34-26(7-8-26)19-3-1-4-20(13-19)27(30,31)32/h1,3-4,11-14,23,34,36H,2,5-10,15-17H2,(H2,33,37). The van der Waals surface area contributed by atoms with Gasteiger partial charge in [-0.3, -0.25) is 9.59 Å². The Labute approximate surface area is 234 Å². The molecule has 41 heavy (non-hydrogen) atoms. The molecule has 1 unspecified atom stereocenters. The lowest BCUT2D eigenvalue weighted by Crippen LogP contribution is -2.44. The third-order valence-electron chi connectivity index (χ3n) is 6.75. The molecule has 2 amide bonds. The molecule has 1 aliphatic carbocycles. The highest BCUT2D eigenvalue weighted by molar-refractivity contribution is 7.91. The number of nitrogens with zero attached hydrogens (tertiary/aromatic N) is 1. The molecule has 1 saturated carbocycles. The van der Waals surface area contributed by atoms with Crippen LogP contribution in [0.5, 0.6) is 0 Å². The van der Waals surface area contributed by atoms with E-state index in [2.05, 4.69) is 5.32 Å². The zero-order valence-electron chi connectivity index (χ0n) is 22.1. The minimum absolute atomic E-state index is 0.00382. The van der Waals surface area contributed by atoms with E-state index in [9.17, 15) is 45.1 Å². The number of aliphatic hydroxyl groups is 1. The lowest BCUT2D eigenvalue weighted by Gasteiger charge is -2.27. The van der Waals surface area contributed by atoms with Crippen molar-refractivity contribution in [1.82, 2.24) is 10.2 Å². The van der Waals surface area contributed by atoms with E-state index >= 15 is 0 Å². The zero-order valence-corrected chi connectivity index (χ0v) is 22.9. The molecule has 0 radical (unpaired) electrons. The maximum Gasteiger partial charge on any atom is 0.416 e. The number of hydrogen-bond acceptors (Lipinski definition) is 6. The molecule has 0 bridgehead atoms. The van der Waals surface area contributed by atoms with Crippen molar-refractivity contribution < 1.29 is 45.1 Å². The highest BCUT2D eigenvalue weighted by Crippen LogP contribution is 2.46. The maximum atomic E-state index is 13.8. The number of nitrogens with one attached hydrogen (secondary N) is 1. The Balaban J connectivity index is 1.67. The second-order valence-corrected chi connectivity index (χ2v) is 12.5. The smallest absolute Gasteiger partial charge is 0.390 e. The van der Waals surface area contributed by atoms with Gasteiger partial charge in [0.05, 0.1) is 23.2 Å². The summed E-state index contributed by atoms with van der Waals surface area (Å²) in [5.41, 5.74) is 3.92. The number of primary amides is 1. The van der Waals surface area contributed by atoms with E-state index in [1.807, 2.05) is 0 Å². The van der Waals surface area contributed by atoms with E-state index in [0.717, 1.165) is 29.2 Å². The minimum Gasteiger partial charge on any atom is -0.390 e. The second kappa shape index (κ2) is 13.3. The first-order valence-electron chi connectivity index (χ1n) is 12.9. The molecule has 1 aliphatic rings. The number of nitrogens with two attached hydrogens (primary N) is 1. The molecule has 8 nitrogen and oxygen atoms in total. The number of alkyl halides is 3. The van der Waals surface area contributed by atoms with Crippen LogP contribution in [0.2, 0.25) is 0 Å². The monoisotopic (exact) mass is 605 g/mol. The Morgan fingerprint density at radius 1 is 1.05 bits per heavy atom. The summed E-state index contributed by atoms with van der Waals surface area (Å²) < 4.78 is 91.6. The van der Waals surface area contributed by atoms with Crippen molar-refractivity contribution in [3.8, 4) is 0 Å². The Bertz CT molecular complexity index is 1330. The quantitative estimate of drug-likeness (QED) is 0.268. The molecule has 0 saturated heterocycles. The van der Waals surface area contributed by atoms with Gasteiger partial charge in [0.1, 0.15) is 11.6 Å². The summed E-state index contributed by atoms with van der Waals surface area (Å²) in [6.07, 6.45) is -5.32. The summed E-state index contributed by atoms with van der Waals surface area (Å²) in [6, 6.07) is 7.52. The van der Waals surface area contributed by atoms with E-state index in [1.54, 1.807) is 6.07 Å². The van der Waals surface area contributed by atoms with Crippen molar-refractivity contribution in [3.05, 3.63) is 70.8 Å². The van der Waals surface area contributed by atoms with Crippen LogP contribution in [0.4, 0.5) is 22.0 Å². The molecule has 0 aromatic heterocycles. The second-order valence-electron chi connectivity index (χ2n) is 10.2. The van der Waals surface area contributed by atoms with Crippen LogP contribution in [0.3, 0.4) is 0 Å². The number of carbonyl (C=O) groups excluding carboxylic acids is 2. The summed E-state index contributed by atoms with van der Waals surface area (Å²) >= 11 is 0. The molecule has 1 atom stereocenters. The van der Waals surface area contributed by atoms with E-state index in [-0.39, 0.29) is 43.8 Å². The van der Waals surface area contributed by atoms with Gasteiger partial charge in [-0.25, -0.2) is 17.2 Å². The van der Waals surface area contributed by atoms with Gasteiger partial charge in [-0.1, -0.05) is 12.1 Å². The molecule has 0 heterocycles. The average Bonchev–Trinajstić information content (AvgIpc) is 3.66. The van der Waals surface area contributed by atoms with Crippen molar-refractivity contribution in [2.24, 2.45) is 5.73 Å². The predicted molar refractivity (Wildman–Crippen MR) is 140 cm³/mol. The predicted octanol–water partition coefficient (Wildman–Crippen LogP) is 3.02. The molecule has 1 fully saturated rings. The van der Waals surface area contributed by atoms with Gasteiger partial charge in [-0.15, -0.1) is 0 Å². The Kier molecular flexibility index (Phi) is 10.5. The van der Waals surface area contributed by atoms with Crippen molar-refractivity contribution in [2.75, 3.05) is 24.6 Å². The molecule has 2 aromatic carbocycles. The fraction of sp³-hybridized carbons (Fsp3) is 0.481. The van der Waals surface area contributed by atoms with Crippen molar-refractivity contribution in [1.29, 1.82) is 0 Å². The van der Waals surface area contributed by atoms with Crippen LogP contribution >= 0.6 is 0 Å². The zero-order chi connectivity index (χ0) is 30.4. The first kappa shape index (κ1) is 32.4. The van der Waals surface area contributed by atoms with E-state index < -0.39 is 68.8 Å². The number of hydrogen-bond donors (Lipinski definition) is 3. The van der Waals surface area contributed by atoms with Gasteiger partial charge in [0, 0.05) is 44.1 Å². The fourth-order valence-electron chi connectivity index (χ4n) is 4.46. The summed E-state index contributed by atoms with van der Waals surface area (Å²) in [7, 11) is -3.72. The third kappa shape index (κ3) is 10.0. The van der Waals surface area contributed by atoms with Crippen molar-refractivity contribution in [2.45, 2.75) is 56.5 Å². The van der Waals surface area contributed by atoms with Gasteiger partial charge in [0.2, 0.25) is 11.8 Å². The fourth-order valence-corrected chi connectivity index (χ4v) is 5.74. The van der Waals surface area contributed by atoms with Gasteiger partial charge in [0.15, 0.2) is 9.84 Å². The SMILES string of the molecule is NC(=O)CCCS(=O)(=O)CCC(=O)N(Cc1cc(F)cc(F)c1)CC(O)CNC1(c2cccc(C(F)(F)F)c2)CC1. The third-order valence-corrected chi connectivity index (χ3v) is 8.49. The maximum absolute atomic E-state index is 13.8. The summed E-state index contributed by atoms with van der Waals surface area (Å²) in [5, 5.41) is 13.8. The van der Waals surface area contributed by atoms with Gasteiger partial charge in [0.25, 0.3) is 0 Å². The number of halogens is 5. The lowest BCUT2D eigenvalue weighted by molar-refractivity contribution is -0.137. The molecule has 2 aromatic rings. The number of sulfone groups is 1. The van der Waals surface area contributed by atoms with Crippen LogP contribution in [0.1, 0.15) is 48.8 Å². The molecule has 0 aliphatic heterocycles. The number of amides is 2. The molecule has 0 spiro atoms. The van der Waals surface area contributed by atoms with Crippen LogP contribution < -0.4 is 11.1 Å². The topological polar surface area (TPSA) is 130 Å². The normalized spacial score (nSPS) is 15.4. The first-order chi connectivity index (χ1) is 19.1. The van der Waals surface area contributed by atoms with Crippen LogP contribution in [0, 0.1) is 11.6 Å². The summed E-state index contributed by atoms with van der Waals surface area (Å²) in [5.74, 6) is -4.04. The van der Waals surface area contributed by atoms with Crippen LogP contribution in [0.15, 0.2) is 42.5 Å². The van der Waals surface area contributed by atoms with Gasteiger partial charge in [-0.2, -0.15) is 13.2 Å². The Morgan fingerprint density at radius 2 is 1.71 bits per heavy atom. The number of benzene rings is 2. The molecular formula is C27H32F5N3O5S. The molecular weight excluding hydrogens is 573 g/mol. The van der Waals surface area contributed by atoms with Crippen LogP contribution in [0.25, 0.3) is 0 Å².